The molecule has 2 aromatic carbocycles. The fourth-order valence-electron chi connectivity index (χ4n) is 3.51. The third kappa shape index (κ3) is 7.74. The summed E-state index contributed by atoms with van der Waals surface area (Å²) in [6.45, 7) is 10.6. The van der Waals surface area contributed by atoms with Gasteiger partial charge >= 0.3 is 0 Å². The van der Waals surface area contributed by atoms with Gasteiger partial charge in [-0.25, -0.2) is 8.42 Å². The molecule has 0 bridgehead atoms. The highest BCUT2D eigenvalue weighted by Gasteiger charge is 2.31. The van der Waals surface area contributed by atoms with Crippen molar-refractivity contribution in [2.75, 3.05) is 17.1 Å². The summed E-state index contributed by atoms with van der Waals surface area (Å²) in [6.07, 6.45) is 1.04. The molecule has 0 aliphatic rings. The van der Waals surface area contributed by atoms with Crippen LogP contribution < -0.4 is 9.62 Å². The molecule has 0 aliphatic carbocycles. The summed E-state index contributed by atoms with van der Waals surface area (Å²) >= 11 is 6.12. The monoisotopic (exact) mass is 507 g/mol. The van der Waals surface area contributed by atoms with Gasteiger partial charge in [0.15, 0.2) is 0 Å². The number of benzene rings is 2. The molecule has 186 valence electrons. The molecule has 1 atom stereocenters. The van der Waals surface area contributed by atoms with Crippen LogP contribution in [0.4, 0.5) is 5.69 Å². The van der Waals surface area contributed by atoms with Crippen molar-refractivity contribution in [2.45, 2.75) is 59.7 Å². The first-order chi connectivity index (χ1) is 15.6. The number of amides is 2. The van der Waals surface area contributed by atoms with Crippen LogP contribution in [0.2, 0.25) is 5.02 Å². The number of carbonyl (C=O) groups excluding carboxylic acids is 2. The molecule has 2 amide bonds. The Balaban J connectivity index is 2.45. The second-order valence-corrected chi connectivity index (χ2v) is 12.0. The second-order valence-electron chi connectivity index (χ2n) is 9.63. The number of sulfonamides is 1. The summed E-state index contributed by atoms with van der Waals surface area (Å²) in [5.41, 5.74) is 2.36. The topological polar surface area (TPSA) is 86.8 Å². The Hall–Kier alpha value is -2.58. The van der Waals surface area contributed by atoms with E-state index in [4.69, 9.17) is 11.6 Å². The fourth-order valence-corrected chi connectivity index (χ4v) is 4.58. The molecule has 2 rings (SSSR count). The van der Waals surface area contributed by atoms with Crippen molar-refractivity contribution in [3.63, 3.8) is 0 Å². The van der Waals surface area contributed by atoms with Gasteiger partial charge < -0.3 is 10.2 Å². The predicted molar refractivity (Wildman–Crippen MR) is 137 cm³/mol. The van der Waals surface area contributed by atoms with Gasteiger partial charge in [-0.1, -0.05) is 47.5 Å². The van der Waals surface area contributed by atoms with E-state index in [0.717, 1.165) is 21.7 Å². The number of halogens is 1. The number of hydrogen-bond donors (Lipinski definition) is 1. The van der Waals surface area contributed by atoms with Gasteiger partial charge in [-0.15, -0.1) is 0 Å². The van der Waals surface area contributed by atoms with E-state index in [1.807, 2.05) is 52.0 Å². The van der Waals surface area contributed by atoms with E-state index in [2.05, 4.69) is 5.32 Å². The molecule has 0 saturated carbocycles. The minimum atomic E-state index is -3.81. The predicted octanol–water partition coefficient (Wildman–Crippen LogP) is 4.05. The van der Waals surface area contributed by atoms with Crippen molar-refractivity contribution >= 4 is 39.1 Å². The van der Waals surface area contributed by atoms with Crippen molar-refractivity contribution in [3.8, 4) is 0 Å². The molecule has 0 unspecified atom stereocenters. The van der Waals surface area contributed by atoms with E-state index in [1.54, 1.807) is 26.0 Å². The number of nitrogens with zero attached hydrogens (tertiary/aromatic N) is 2. The zero-order valence-electron chi connectivity index (χ0n) is 20.8. The Kier molecular flexibility index (Phi) is 8.77. The Morgan fingerprint density at radius 2 is 1.74 bits per heavy atom. The molecule has 0 heterocycles. The van der Waals surface area contributed by atoms with E-state index in [1.165, 1.54) is 11.0 Å². The van der Waals surface area contributed by atoms with Crippen LogP contribution in [0, 0.1) is 13.8 Å². The SMILES string of the molecule is Cc1cccc(CN(C(=O)CN(c2cc(Cl)ccc2C)S(C)(=O)=O)[C@H](C)C(=O)NC(C)(C)C)c1. The van der Waals surface area contributed by atoms with Crippen LogP contribution in [0.15, 0.2) is 42.5 Å². The van der Waals surface area contributed by atoms with E-state index in [-0.39, 0.29) is 12.5 Å². The number of nitrogens with one attached hydrogen (secondary N) is 1. The first-order valence-corrected chi connectivity index (χ1v) is 13.2. The van der Waals surface area contributed by atoms with Gasteiger partial charge in [-0.2, -0.15) is 0 Å². The Labute approximate surface area is 208 Å². The van der Waals surface area contributed by atoms with Crippen molar-refractivity contribution in [3.05, 3.63) is 64.2 Å². The fraction of sp³-hybridized carbons (Fsp3) is 0.440. The van der Waals surface area contributed by atoms with Crippen LogP contribution in [-0.2, 0) is 26.2 Å². The number of rotatable bonds is 8. The van der Waals surface area contributed by atoms with Crippen LogP contribution in [-0.4, -0.2) is 49.5 Å². The van der Waals surface area contributed by atoms with Crippen LogP contribution in [0.25, 0.3) is 0 Å². The molecule has 9 heteroatoms. The van der Waals surface area contributed by atoms with E-state index >= 15 is 0 Å². The number of carbonyl (C=O) groups is 2. The number of aryl methyl sites for hydroxylation is 2. The zero-order chi connectivity index (χ0) is 25.8. The van der Waals surface area contributed by atoms with Crippen LogP contribution >= 0.6 is 11.6 Å². The second kappa shape index (κ2) is 10.8. The highest BCUT2D eigenvalue weighted by atomic mass is 35.5. The highest BCUT2D eigenvalue weighted by Crippen LogP contribution is 2.27. The average molecular weight is 508 g/mol. The lowest BCUT2D eigenvalue weighted by Gasteiger charge is -2.33. The van der Waals surface area contributed by atoms with Crippen molar-refractivity contribution in [1.82, 2.24) is 10.2 Å². The lowest BCUT2D eigenvalue weighted by atomic mass is 10.1. The molecule has 0 spiro atoms. The maximum Gasteiger partial charge on any atom is 0.244 e. The average Bonchev–Trinajstić information content (AvgIpc) is 2.69. The number of anilines is 1. The highest BCUT2D eigenvalue weighted by molar-refractivity contribution is 7.92. The number of hydrogen-bond acceptors (Lipinski definition) is 4. The van der Waals surface area contributed by atoms with E-state index in [0.29, 0.717) is 16.3 Å². The van der Waals surface area contributed by atoms with Crippen molar-refractivity contribution in [1.29, 1.82) is 0 Å². The smallest absolute Gasteiger partial charge is 0.244 e. The first-order valence-electron chi connectivity index (χ1n) is 11.0. The molecule has 0 aliphatic heterocycles. The molecule has 0 fully saturated rings. The normalized spacial score (nSPS) is 12.7. The molecular formula is C25H34ClN3O4S. The van der Waals surface area contributed by atoms with Gasteiger partial charge in [-0.05, 0) is 64.8 Å². The van der Waals surface area contributed by atoms with Gasteiger partial charge in [0.05, 0.1) is 11.9 Å². The largest absolute Gasteiger partial charge is 0.350 e. The Morgan fingerprint density at radius 3 is 2.29 bits per heavy atom. The molecular weight excluding hydrogens is 474 g/mol. The minimum Gasteiger partial charge on any atom is -0.350 e. The summed E-state index contributed by atoms with van der Waals surface area (Å²) in [5.74, 6) is -0.818. The molecule has 0 radical (unpaired) electrons. The van der Waals surface area contributed by atoms with Crippen LogP contribution in [0.5, 0.6) is 0 Å². The molecule has 34 heavy (non-hydrogen) atoms. The molecule has 2 aromatic rings. The van der Waals surface area contributed by atoms with Gasteiger partial charge in [0.25, 0.3) is 0 Å². The molecule has 1 N–H and O–H groups in total. The van der Waals surface area contributed by atoms with E-state index < -0.39 is 34.1 Å². The van der Waals surface area contributed by atoms with E-state index in [9.17, 15) is 18.0 Å². The lowest BCUT2D eigenvalue weighted by molar-refractivity contribution is -0.140. The minimum absolute atomic E-state index is 0.158. The molecule has 0 saturated heterocycles. The first kappa shape index (κ1) is 27.7. The Morgan fingerprint density at radius 1 is 1.09 bits per heavy atom. The van der Waals surface area contributed by atoms with Crippen LogP contribution in [0.1, 0.15) is 44.4 Å². The third-order valence-electron chi connectivity index (χ3n) is 5.22. The Bertz CT molecular complexity index is 1160. The summed E-state index contributed by atoms with van der Waals surface area (Å²) in [4.78, 5) is 27.9. The molecule has 0 aromatic heterocycles. The zero-order valence-corrected chi connectivity index (χ0v) is 22.4. The van der Waals surface area contributed by atoms with Crippen LogP contribution in [0.3, 0.4) is 0 Å². The maximum atomic E-state index is 13.6. The lowest BCUT2D eigenvalue weighted by Crippen LogP contribution is -2.54. The van der Waals surface area contributed by atoms with Gasteiger partial charge in [0.1, 0.15) is 12.6 Å². The molecule has 7 nitrogen and oxygen atoms in total. The summed E-state index contributed by atoms with van der Waals surface area (Å²) < 4.78 is 26.4. The van der Waals surface area contributed by atoms with Crippen molar-refractivity contribution < 1.29 is 18.0 Å². The van der Waals surface area contributed by atoms with Gasteiger partial charge in [0, 0.05) is 17.1 Å². The van der Waals surface area contributed by atoms with Gasteiger partial charge in [-0.3, -0.25) is 13.9 Å². The quantitative estimate of drug-likeness (QED) is 0.583. The summed E-state index contributed by atoms with van der Waals surface area (Å²) in [6, 6.07) is 11.7. The van der Waals surface area contributed by atoms with Crippen molar-refractivity contribution in [2.24, 2.45) is 0 Å². The maximum absolute atomic E-state index is 13.6. The standard InChI is InChI=1S/C25H34ClN3O4S/c1-17-9-8-10-20(13-17)15-28(19(3)24(31)27-25(4,5)6)23(30)16-29(34(7,32)33)22-14-21(26)12-11-18(22)2/h8-14,19H,15-16H2,1-7H3,(H,27,31)/t19-/m1/s1. The van der Waals surface area contributed by atoms with Gasteiger partial charge in [0.2, 0.25) is 21.8 Å². The summed E-state index contributed by atoms with van der Waals surface area (Å²) in [7, 11) is -3.81. The third-order valence-corrected chi connectivity index (χ3v) is 6.58. The summed E-state index contributed by atoms with van der Waals surface area (Å²) in [5, 5.41) is 3.26.